The van der Waals surface area contributed by atoms with Gasteiger partial charge in [-0.2, -0.15) is 0 Å². The quantitative estimate of drug-likeness (QED) is 0.397. The normalized spacial score (nSPS) is 11.6. The van der Waals surface area contributed by atoms with Crippen LogP contribution in [0.2, 0.25) is 5.02 Å². The first kappa shape index (κ1) is 20.4. The number of hydrogen-bond acceptors (Lipinski definition) is 3. The molecule has 3 rings (SSSR count). The number of anilines is 1. The molecule has 3 aromatic rings. The lowest BCUT2D eigenvalue weighted by molar-refractivity contribution is -0.117. The number of hydrogen-bond donors (Lipinski definition) is 2. The van der Waals surface area contributed by atoms with Crippen molar-refractivity contribution >= 4 is 34.1 Å². The highest BCUT2D eigenvalue weighted by atomic mass is 35.5. The van der Waals surface area contributed by atoms with E-state index in [4.69, 9.17) is 11.6 Å². The van der Waals surface area contributed by atoms with Gasteiger partial charge in [-0.25, -0.2) is 4.98 Å². The minimum Gasteiger partial charge on any atom is -0.348 e. The van der Waals surface area contributed by atoms with Crippen molar-refractivity contribution in [2.45, 2.75) is 13.5 Å². The number of carbonyl (C=O) groups excluding carboxylic acids is 1. The Hall–Kier alpha value is -3.37. The molecule has 29 heavy (non-hydrogen) atoms. The van der Waals surface area contributed by atoms with Gasteiger partial charge >= 0.3 is 0 Å². The molecule has 1 aromatic heterocycles. The zero-order valence-corrected chi connectivity index (χ0v) is 16.9. The van der Waals surface area contributed by atoms with Crippen molar-refractivity contribution in [1.82, 2.24) is 10.3 Å². The molecule has 1 heterocycles. The topological polar surface area (TPSA) is 54.0 Å². The number of aromatic nitrogens is 1. The fourth-order valence-electron chi connectivity index (χ4n) is 2.74. The molecule has 2 N–H and O–H groups in total. The molecule has 0 spiro atoms. The number of pyridine rings is 1. The summed E-state index contributed by atoms with van der Waals surface area (Å²) in [6, 6.07) is 17.4. The predicted molar refractivity (Wildman–Crippen MR) is 121 cm³/mol. The number of fused-ring (bicyclic) bond motifs is 1. The second-order valence-corrected chi connectivity index (χ2v) is 6.86. The average molecular weight is 404 g/mol. The molecule has 0 bridgehead atoms. The molecule has 0 saturated carbocycles. The lowest BCUT2D eigenvalue weighted by Crippen LogP contribution is -2.23. The van der Waals surface area contributed by atoms with Crippen LogP contribution in [0.4, 0.5) is 5.82 Å². The molecule has 2 aromatic carbocycles. The van der Waals surface area contributed by atoms with E-state index in [0.29, 0.717) is 23.0 Å². The first-order chi connectivity index (χ1) is 14.1. The predicted octanol–water partition coefficient (Wildman–Crippen LogP) is 5.63. The van der Waals surface area contributed by atoms with Crippen LogP contribution in [0.15, 0.2) is 96.9 Å². The molecule has 146 valence electrons. The zero-order valence-electron chi connectivity index (χ0n) is 16.2. The molecule has 1 amide bonds. The van der Waals surface area contributed by atoms with E-state index in [0.717, 1.165) is 22.0 Å². The number of nitrogens with zero attached hydrogens (tertiary/aromatic N) is 1. The van der Waals surface area contributed by atoms with Crippen LogP contribution in [0.1, 0.15) is 12.5 Å². The minimum absolute atomic E-state index is 0.212. The summed E-state index contributed by atoms with van der Waals surface area (Å²) in [7, 11) is 0. The van der Waals surface area contributed by atoms with E-state index in [9.17, 15) is 4.79 Å². The molecule has 0 fully saturated rings. The number of benzene rings is 2. The Kier molecular flexibility index (Phi) is 6.82. The van der Waals surface area contributed by atoms with Crippen molar-refractivity contribution in [3.63, 3.8) is 0 Å². The second kappa shape index (κ2) is 9.71. The standard InChI is InChI=1S/C24H22ClN3O/c1-3-21(28-23-22-15-20(25)11-10-19(22)13-14-26-23)12-9-17(2)24(29)27-16-18-7-5-4-6-8-18/h3-15H,2,16H2,1H3,(H,26,28)(H,27,29)/b12-9-,21-3+. The molecule has 0 radical (unpaired) electrons. The van der Waals surface area contributed by atoms with E-state index in [1.165, 1.54) is 0 Å². The molecule has 0 aliphatic heterocycles. The largest absolute Gasteiger partial charge is 0.348 e. The number of allylic oxidation sites excluding steroid dienone is 2. The van der Waals surface area contributed by atoms with Crippen molar-refractivity contribution < 1.29 is 4.79 Å². The first-order valence-corrected chi connectivity index (χ1v) is 9.61. The first-order valence-electron chi connectivity index (χ1n) is 9.23. The van der Waals surface area contributed by atoms with Gasteiger partial charge in [0.1, 0.15) is 5.82 Å². The fourth-order valence-corrected chi connectivity index (χ4v) is 2.92. The van der Waals surface area contributed by atoms with Gasteiger partial charge < -0.3 is 10.6 Å². The van der Waals surface area contributed by atoms with Crippen LogP contribution in [-0.4, -0.2) is 10.9 Å². The van der Waals surface area contributed by atoms with Crippen molar-refractivity contribution in [3.8, 4) is 0 Å². The van der Waals surface area contributed by atoms with Crippen molar-refractivity contribution in [2.75, 3.05) is 5.32 Å². The summed E-state index contributed by atoms with van der Waals surface area (Å²) in [6.07, 6.45) is 7.12. The van der Waals surface area contributed by atoms with Crippen molar-refractivity contribution in [2.24, 2.45) is 0 Å². The van der Waals surface area contributed by atoms with E-state index in [1.54, 1.807) is 18.3 Å². The Balaban J connectivity index is 1.65. The number of rotatable bonds is 7. The summed E-state index contributed by atoms with van der Waals surface area (Å²) >= 11 is 6.13. The maximum atomic E-state index is 12.3. The Morgan fingerprint density at radius 2 is 1.93 bits per heavy atom. The number of amides is 1. The minimum atomic E-state index is -0.212. The maximum absolute atomic E-state index is 12.3. The smallest absolute Gasteiger partial charge is 0.250 e. The van der Waals surface area contributed by atoms with Gasteiger partial charge in [-0.05, 0) is 48.2 Å². The molecule has 0 aliphatic rings. The number of carbonyl (C=O) groups is 1. The maximum Gasteiger partial charge on any atom is 0.250 e. The molecule has 5 heteroatoms. The summed E-state index contributed by atoms with van der Waals surface area (Å²) in [4.78, 5) is 16.7. The van der Waals surface area contributed by atoms with E-state index in [2.05, 4.69) is 22.2 Å². The van der Waals surface area contributed by atoms with Crippen molar-refractivity contribution in [3.05, 3.63) is 107 Å². The molecule has 0 atom stereocenters. The second-order valence-electron chi connectivity index (χ2n) is 6.42. The van der Waals surface area contributed by atoms with Crippen LogP contribution in [0, 0.1) is 0 Å². The molecule has 0 aliphatic carbocycles. The SMILES string of the molecule is C=C(/C=C\C(=C/C)Nc1nccc2ccc(Cl)cc12)C(=O)NCc1ccccc1. The van der Waals surface area contributed by atoms with E-state index >= 15 is 0 Å². The third-order valence-electron chi connectivity index (χ3n) is 4.35. The average Bonchev–Trinajstić information content (AvgIpc) is 2.75. The summed E-state index contributed by atoms with van der Waals surface area (Å²) in [5.41, 5.74) is 2.20. The molecule has 0 saturated heterocycles. The van der Waals surface area contributed by atoms with Crippen LogP contribution < -0.4 is 10.6 Å². The van der Waals surface area contributed by atoms with Crippen molar-refractivity contribution in [1.29, 1.82) is 0 Å². The van der Waals surface area contributed by atoms with Crippen LogP contribution in [0.25, 0.3) is 10.8 Å². The van der Waals surface area contributed by atoms with Gasteiger partial charge in [0.2, 0.25) is 0 Å². The van der Waals surface area contributed by atoms with Gasteiger partial charge in [-0.15, -0.1) is 0 Å². The highest BCUT2D eigenvalue weighted by Gasteiger charge is 2.06. The fraction of sp³-hybridized carbons (Fsp3) is 0.0833. The molecular weight excluding hydrogens is 382 g/mol. The van der Waals surface area contributed by atoms with E-state index in [-0.39, 0.29) is 5.91 Å². The Morgan fingerprint density at radius 1 is 1.14 bits per heavy atom. The lowest BCUT2D eigenvalue weighted by Gasteiger charge is -2.10. The van der Waals surface area contributed by atoms with Crippen LogP contribution in [0.5, 0.6) is 0 Å². The third kappa shape index (κ3) is 5.56. The monoisotopic (exact) mass is 403 g/mol. The van der Waals surface area contributed by atoms with E-state index < -0.39 is 0 Å². The summed E-state index contributed by atoms with van der Waals surface area (Å²) in [6.45, 7) is 6.22. The highest BCUT2D eigenvalue weighted by Crippen LogP contribution is 2.25. The van der Waals surface area contributed by atoms with Gasteiger partial charge in [0, 0.05) is 34.4 Å². The highest BCUT2D eigenvalue weighted by molar-refractivity contribution is 6.31. The summed E-state index contributed by atoms with van der Waals surface area (Å²) in [5, 5.41) is 8.76. The third-order valence-corrected chi connectivity index (χ3v) is 4.59. The van der Waals surface area contributed by atoms with Gasteiger partial charge in [-0.3, -0.25) is 4.79 Å². The number of nitrogens with one attached hydrogen (secondary N) is 2. The Labute approximate surface area is 175 Å². The van der Waals surface area contributed by atoms with Crippen LogP contribution in [0.3, 0.4) is 0 Å². The van der Waals surface area contributed by atoms with Gasteiger partial charge in [0.15, 0.2) is 0 Å². The summed E-state index contributed by atoms with van der Waals surface area (Å²) in [5.74, 6) is 0.484. The number of halogens is 1. The molecule has 0 unspecified atom stereocenters. The van der Waals surface area contributed by atoms with Crippen LogP contribution in [-0.2, 0) is 11.3 Å². The van der Waals surface area contributed by atoms with E-state index in [1.807, 2.05) is 67.6 Å². The summed E-state index contributed by atoms with van der Waals surface area (Å²) < 4.78 is 0. The van der Waals surface area contributed by atoms with Crippen LogP contribution >= 0.6 is 11.6 Å². The van der Waals surface area contributed by atoms with Gasteiger partial charge in [-0.1, -0.05) is 60.7 Å². The zero-order chi connectivity index (χ0) is 20.6. The Morgan fingerprint density at radius 3 is 2.69 bits per heavy atom. The Bertz CT molecular complexity index is 1090. The van der Waals surface area contributed by atoms with Gasteiger partial charge in [0.05, 0.1) is 0 Å². The molecule has 4 nitrogen and oxygen atoms in total. The molecular formula is C24H22ClN3O. The van der Waals surface area contributed by atoms with Gasteiger partial charge in [0.25, 0.3) is 5.91 Å². The lowest BCUT2D eigenvalue weighted by atomic mass is 10.1.